The molecular formula is C25H27ClFN5O2. The number of nitrogens with zero attached hydrogens (tertiary/aromatic N) is 4. The van der Waals surface area contributed by atoms with Crippen molar-refractivity contribution < 1.29 is 14.0 Å². The molecule has 0 radical (unpaired) electrons. The fourth-order valence-electron chi connectivity index (χ4n) is 5.29. The van der Waals surface area contributed by atoms with Gasteiger partial charge in [0.2, 0.25) is 5.91 Å². The molecule has 2 aromatic heterocycles. The van der Waals surface area contributed by atoms with Gasteiger partial charge in [0.25, 0.3) is 5.91 Å². The zero-order valence-corrected chi connectivity index (χ0v) is 19.7. The quantitative estimate of drug-likeness (QED) is 0.618. The lowest BCUT2D eigenvalue weighted by molar-refractivity contribution is -0.126. The highest BCUT2D eigenvalue weighted by atomic mass is 35.5. The van der Waals surface area contributed by atoms with Gasteiger partial charge in [0.1, 0.15) is 5.82 Å². The highest BCUT2D eigenvalue weighted by Crippen LogP contribution is 2.32. The molecule has 178 valence electrons. The van der Waals surface area contributed by atoms with E-state index in [4.69, 9.17) is 11.6 Å². The van der Waals surface area contributed by atoms with Gasteiger partial charge in [0.15, 0.2) is 0 Å². The van der Waals surface area contributed by atoms with Crippen molar-refractivity contribution in [1.29, 1.82) is 0 Å². The van der Waals surface area contributed by atoms with Crippen molar-refractivity contribution in [2.45, 2.75) is 37.3 Å². The van der Waals surface area contributed by atoms with E-state index in [1.165, 1.54) is 12.1 Å². The van der Waals surface area contributed by atoms with Gasteiger partial charge in [-0.1, -0.05) is 11.6 Å². The number of benzene rings is 1. The van der Waals surface area contributed by atoms with Crippen molar-refractivity contribution in [3.8, 4) is 0 Å². The number of hydrogen-bond donors (Lipinski definition) is 1. The van der Waals surface area contributed by atoms with E-state index in [9.17, 15) is 14.0 Å². The van der Waals surface area contributed by atoms with Crippen LogP contribution < -0.4 is 5.32 Å². The second kappa shape index (κ2) is 9.35. The third-order valence-electron chi connectivity index (χ3n) is 7.05. The Morgan fingerprint density at radius 2 is 2.06 bits per heavy atom. The van der Waals surface area contributed by atoms with Crippen molar-refractivity contribution >= 4 is 28.9 Å². The molecule has 0 spiro atoms. The first-order valence-corrected chi connectivity index (χ1v) is 11.9. The SMILES string of the molecule is CN1CCC[C@@H]1C(=O)N[C@@H]1CN(C(=O)c2cccn3cncc23)CC[C@H]1c1cc(F)cc(Cl)c1. The van der Waals surface area contributed by atoms with Gasteiger partial charge in [-0.05, 0) is 68.8 Å². The second-order valence-electron chi connectivity index (χ2n) is 9.21. The maximum Gasteiger partial charge on any atom is 0.256 e. The van der Waals surface area contributed by atoms with E-state index in [0.29, 0.717) is 30.1 Å². The average molecular weight is 484 g/mol. The summed E-state index contributed by atoms with van der Waals surface area (Å²) >= 11 is 6.14. The van der Waals surface area contributed by atoms with Crippen molar-refractivity contribution in [3.63, 3.8) is 0 Å². The molecule has 0 bridgehead atoms. The van der Waals surface area contributed by atoms with Crippen molar-refractivity contribution in [1.82, 2.24) is 24.5 Å². The average Bonchev–Trinajstić information content (AvgIpc) is 3.46. The summed E-state index contributed by atoms with van der Waals surface area (Å²) < 4.78 is 16.0. The van der Waals surface area contributed by atoms with Gasteiger partial charge < -0.3 is 14.6 Å². The van der Waals surface area contributed by atoms with Crippen LogP contribution in [0.5, 0.6) is 0 Å². The lowest BCUT2D eigenvalue weighted by Gasteiger charge is -2.40. The Morgan fingerprint density at radius 3 is 2.82 bits per heavy atom. The van der Waals surface area contributed by atoms with Crippen LogP contribution in [0.15, 0.2) is 49.1 Å². The summed E-state index contributed by atoms with van der Waals surface area (Å²) in [5.74, 6) is -0.726. The van der Waals surface area contributed by atoms with Gasteiger partial charge in [0, 0.05) is 30.2 Å². The van der Waals surface area contributed by atoms with Crippen molar-refractivity contribution in [2.75, 3.05) is 26.7 Å². The molecular weight excluding hydrogens is 457 g/mol. The normalized spacial score (nSPS) is 23.4. The summed E-state index contributed by atoms with van der Waals surface area (Å²) in [4.78, 5) is 34.6. The minimum Gasteiger partial charge on any atom is -0.350 e. The van der Waals surface area contributed by atoms with Gasteiger partial charge in [0.05, 0.1) is 35.7 Å². The highest BCUT2D eigenvalue weighted by molar-refractivity contribution is 6.30. The minimum absolute atomic E-state index is 0.0512. The molecule has 2 saturated heterocycles. The molecule has 0 unspecified atom stereocenters. The van der Waals surface area contributed by atoms with Crippen LogP contribution in [0.4, 0.5) is 4.39 Å². The van der Waals surface area contributed by atoms with Crippen LogP contribution in [0.1, 0.15) is 41.1 Å². The lowest BCUT2D eigenvalue weighted by Crippen LogP contribution is -2.56. The number of nitrogens with one attached hydrogen (secondary N) is 1. The van der Waals surface area contributed by atoms with Gasteiger partial charge in [-0.3, -0.25) is 14.5 Å². The van der Waals surface area contributed by atoms with Gasteiger partial charge in [-0.25, -0.2) is 9.37 Å². The van der Waals surface area contributed by atoms with E-state index in [1.54, 1.807) is 29.6 Å². The number of pyridine rings is 1. The number of imidazole rings is 1. The molecule has 2 fully saturated rings. The standard InChI is InChI=1S/C25H27ClFN5O2/c1-30-7-3-5-22(30)24(33)29-21-14-31(9-6-19(21)16-10-17(26)12-18(27)11-16)25(34)20-4-2-8-32-15-28-13-23(20)32/h2,4,8,10-13,15,19,21-22H,3,5-7,9,14H2,1H3,(H,29,33)/t19-,21+,22+/m0/s1. The summed E-state index contributed by atoms with van der Waals surface area (Å²) in [7, 11) is 1.95. The molecule has 0 aliphatic carbocycles. The summed E-state index contributed by atoms with van der Waals surface area (Å²) in [5.41, 5.74) is 2.03. The monoisotopic (exact) mass is 483 g/mol. The topological polar surface area (TPSA) is 70.0 Å². The Labute approximate surface area is 202 Å². The van der Waals surface area contributed by atoms with E-state index in [2.05, 4.69) is 15.2 Å². The Balaban J connectivity index is 1.42. The number of likely N-dealkylation sites (tertiary alicyclic amines) is 2. The Morgan fingerprint density at radius 1 is 1.21 bits per heavy atom. The molecule has 34 heavy (non-hydrogen) atoms. The molecule has 9 heteroatoms. The fourth-order valence-corrected chi connectivity index (χ4v) is 5.52. The highest BCUT2D eigenvalue weighted by Gasteiger charge is 2.37. The third kappa shape index (κ3) is 4.40. The van der Waals surface area contributed by atoms with Crippen molar-refractivity contribution in [3.05, 3.63) is 71.0 Å². The van der Waals surface area contributed by atoms with Crippen LogP contribution in [0, 0.1) is 5.82 Å². The smallest absolute Gasteiger partial charge is 0.256 e. The van der Waals surface area contributed by atoms with Crippen LogP contribution in [0.3, 0.4) is 0 Å². The van der Waals surface area contributed by atoms with Crippen LogP contribution in [-0.4, -0.2) is 69.8 Å². The lowest BCUT2D eigenvalue weighted by atomic mass is 9.84. The van der Waals surface area contributed by atoms with Gasteiger partial charge in [-0.15, -0.1) is 0 Å². The Bertz CT molecular complexity index is 1210. The minimum atomic E-state index is -0.408. The summed E-state index contributed by atoms with van der Waals surface area (Å²) in [6.45, 7) is 1.70. The summed E-state index contributed by atoms with van der Waals surface area (Å²) in [5, 5.41) is 3.51. The number of hydrogen-bond acceptors (Lipinski definition) is 4. The van der Waals surface area contributed by atoms with Gasteiger partial charge >= 0.3 is 0 Å². The number of carbonyl (C=O) groups excluding carboxylic acids is 2. The molecule has 4 heterocycles. The van der Waals surface area contributed by atoms with Gasteiger partial charge in [-0.2, -0.15) is 0 Å². The van der Waals surface area contributed by atoms with E-state index in [1.807, 2.05) is 23.7 Å². The zero-order chi connectivity index (χ0) is 23.8. The third-order valence-corrected chi connectivity index (χ3v) is 7.26. The van der Waals surface area contributed by atoms with Crippen LogP contribution in [0.25, 0.3) is 5.52 Å². The number of amides is 2. The predicted molar refractivity (Wildman–Crippen MR) is 127 cm³/mol. The van der Waals surface area contributed by atoms with Crippen LogP contribution in [-0.2, 0) is 4.79 Å². The number of piperidine rings is 1. The summed E-state index contributed by atoms with van der Waals surface area (Å²) in [6.07, 6.45) is 7.54. The predicted octanol–water partition coefficient (Wildman–Crippen LogP) is 3.34. The van der Waals surface area contributed by atoms with Crippen LogP contribution in [0.2, 0.25) is 5.02 Å². The second-order valence-corrected chi connectivity index (χ2v) is 9.65. The molecule has 3 aromatic rings. The molecule has 5 rings (SSSR count). The zero-order valence-electron chi connectivity index (χ0n) is 19.0. The molecule has 3 atom stereocenters. The number of halogens is 2. The maximum absolute atomic E-state index is 14.2. The number of likely N-dealkylation sites (N-methyl/N-ethyl adjacent to an activating group) is 1. The van der Waals surface area contributed by atoms with Crippen LogP contribution >= 0.6 is 11.6 Å². The first-order chi connectivity index (χ1) is 16.4. The Hall–Kier alpha value is -2.97. The maximum atomic E-state index is 14.2. The number of aromatic nitrogens is 2. The largest absolute Gasteiger partial charge is 0.350 e. The Kier molecular flexibility index (Phi) is 6.27. The van der Waals surface area contributed by atoms with E-state index >= 15 is 0 Å². The van der Waals surface area contributed by atoms with E-state index in [0.717, 1.165) is 30.5 Å². The van der Waals surface area contributed by atoms with E-state index < -0.39 is 5.82 Å². The number of fused-ring (bicyclic) bond motifs is 1. The fraction of sp³-hybridized carbons (Fsp3) is 0.400. The first kappa shape index (κ1) is 22.8. The number of carbonyl (C=O) groups is 2. The van der Waals surface area contributed by atoms with E-state index in [-0.39, 0.29) is 29.8 Å². The molecule has 2 aliphatic heterocycles. The molecule has 7 nitrogen and oxygen atoms in total. The first-order valence-electron chi connectivity index (χ1n) is 11.6. The summed E-state index contributed by atoms with van der Waals surface area (Å²) in [6, 6.07) is 7.56. The molecule has 1 N–H and O–H groups in total. The van der Waals surface area contributed by atoms with Crippen molar-refractivity contribution in [2.24, 2.45) is 0 Å². The number of rotatable bonds is 4. The molecule has 1 aromatic carbocycles. The molecule has 2 aliphatic rings. The molecule has 0 saturated carbocycles. The molecule has 2 amide bonds.